The molecule has 2 unspecified atom stereocenters. The van der Waals surface area contributed by atoms with Crippen LogP contribution in [0.5, 0.6) is 0 Å². The van der Waals surface area contributed by atoms with E-state index in [2.05, 4.69) is 0 Å². The van der Waals surface area contributed by atoms with Gasteiger partial charge in [-0.05, 0) is 12.8 Å². The van der Waals surface area contributed by atoms with E-state index >= 15 is 0 Å². The Morgan fingerprint density at radius 3 is 2.08 bits per heavy atom. The van der Waals surface area contributed by atoms with Crippen molar-refractivity contribution < 1.29 is 19.8 Å². The molecular weight excluding hydrogens is 172 g/mol. The summed E-state index contributed by atoms with van der Waals surface area (Å²) in [5.41, 5.74) is -1.15. The molecule has 0 saturated carbocycles. The molecule has 0 aliphatic heterocycles. The number of rotatable bonds is 5. The summed E-state index contributed by atoms with van der Waals surface area (Å²) in [6.45, 7) is 5.10. The molecule has 0 bridgehead atoms. The summed E-state index contributed by atoms with van der Waals surface area (Å²) in [5.74, 6) is -2.24. The first-order valence-electron chi connectivity index (χ1n) is 4.29. The molecule has 0 fully saturated rings. The summed E-state index contributed by atoms with van der Waals surface area (Å²) in [6, 6.07) is 0. The van der Waals surface area contributed by atoms with Gasteiger partial charge in [0.05, 0.1) is 11.8 Å². The Morgan fingerprint density at radius 1 is 1.38 bits per heavy atom. The zero-order valence-electron chi connectivity index (χ0n) is 8.20. The number of carboxylic acid groups (broad SMARTS) is 2. The van der Waals surface area contributed by atoms with Gasteiger partial charge in [-0.2, -0.15) is 0 Å². The van der Waals surface area contributed by atoms with Gasteiger partial charge in [0.15, 0.2) is 0 Å². The van der Waals surface area contributed by atoms with Crippen LogP contribution in [0.25, 0.3) is 0 Å². The lowest BCUT2D eigenvalue weighted by Crippen LogP contribution is -2.36. The second-order valence-electron chi connectivity index (χ2n) is 3.60. The van der Waals surface area contributed by atoms with Gasteiger partial charge in [-0.1, -0.05) is 20.3 Å². The Labute approximate surface area is 77.6 Å². The molecule has 13 heavy (non-hydrogen) atoms. The van der Waals surface area contributed by atoms with Crippen LogP contribution in [-0.4, -0.2) is 22.2 Å². The highest BCUT2D eigenvalue weighted by molar-refractivity contribution is 5.81. The lowest BCUT2D eigenvalue weighted by Gasteiger charge is -2.28. The summed E-state index contributed by atoms with van der Waals surface area (Å²) < 4.78 is 0. The van der Waals surface area contributed by atoms with Crippen LogP contribution in [0.1, 0.15) is 33.6 Å². The third-order valence-electron chi connectivity index (χ3n) is 2.71. The van der Waals surface area contributed by atoms with Crippen LogP contribution in [0.2, 0.25) is 0 Å². The number of carboxylic acids is 2. The minimum atomic E-state index is -1.15. The van der Waals surface area contributed by atoms with Gasteiger partial charge < -0.3 is 10.2 Å². The maximum atomic E-state index is 10.9. The monoisotopic (exact) mass is 188 g/mol. The summed E-state index contributed by atoms with van der Waals surface area (Å²) >= 11 is 0. The van der Waals surface area contributed by atoms with Crippen molar-refractivity contribution in [2.45, 2.75) is 33.6 Å². The molecule has 0 radical (unpaired) electrons. The summed E-state index contributed by atoms with van der Waals surface area (Å²) in [5, 5.41) is 17.5. The normalized spacial score (nSPS) is 17.5. The summed E-state index contributed by atoms with van der Waals surface area (Å²) in [6.07, 6.45) is 0.341. The molecule has 0 aromatic heterocycles. The van der Waals surface area contributed by atoms with Crippen molar-refractivity contribution in [1.29, 1.82) is 0 Å². The van der Waals surface area contributed by atoms with Gasteiger partial charge >= 0.3 is 11.9 Å². The zero-order chi connectivity index (χ0) is 10.6. The maximum Gasteiger partial charge on any atom is 0.310 e. The van der Waals surface area contributed by atoms with Crippen molar-refractivity contribution in [3.05, 3.63) is 0 Å². The number of hydrogen-bond acceptors (Lipinski definition) is 2. The average Bonchev–Trinajstić information content (AvgIpc) is 2.01. The molecular formula is C9H16O4. The fourth-order valence-electron chi connectivity index (χ4n) is 1.23. The van der Waals surface area contributed by atoms with Gasteiger partial charge in [0.1, 0.15) is 0 Å². The molecule has 0 spiro atoms. The molecule has 2 atom stereocenters. The number of carbonyl (C=O) groups is 2. The first-order chi connectivity index (χ1) is 5.84. The topological polar surface area (TPSA) is 74.6 Å². The molecule has 0 amide bonds. The van der Waals surface area contributed by atoms with Crippen LogP contribution in [-0.2, 0) is 9.59 Å². The highest BCUT2D eigenvalue weighted by atomic mass is 16.4. The predicted molar refractivity (Wildman–Crippen MR) is 47.5 cm³/mol. The van der Waals surface area contributed by atoms with Crippen molar-refractivity contribution >= 4 is 11.9 Å². The molecule has 0 heterocycles. The Balaban J connectivity index is 4.72. The highest BCUT2D eigenvalue weighted by Crippen LogP contribution is 2.33. The summed E-state index contributed by atoms with van der Waals surface area (Å²) in [4.78, 5) is 21.4. The third kappa shape index (κ3) is 2.72. The Morgan fingerprint density at radius 2 is 1.85 bits per heavy atom. The van der Waals surface area contributed by atoms with Crippen LogP contribution in [0.15, 0.2) is 0 Å². The Hall–Kier alpha value is -1.06. The quantitative estimate of drug-likeness (QED) is 0.687. The highest BCUT2D eigenvalue weighted by Gasteiger charge is 2.40. The van der Waals surface area contributed by atoms with E-state index in [1.165, 1.54) is 6.92 Å². The first-order valence-corrected chi connectivity index (χ1v) is 4.29. The molecule has 0 aliphatic carbocycles. The predicted octanol–water partition coefficient (Wildman–Crippen LogP) is 1.60. The van der Waals surface area contributed by atoms with E-state index < -0.39 is 17.4 Å². The van der Waals surface area contributed by atoms with Gasteiger partial charge in [0, 0.05) is 0 Å². The van der Waals surface area contributed by atoms with E-state index in [1.54, 1.807) is 6.92 Å². The molecule has 2 N–H and O–H groups in total. The SMILES string of the molecule is CCC(C)C(C)(CC(=O)O)C(=O)O. The molecule has 0 saturated heterocycles. The minimum Gasteiger partial charge on any atom is -0.481 e. The third-order valence-corrected chi connectivity index (χ3v) is 2.71. The largest absolute Gasteiger partial charge is 0.481 e. The van der Waals surface area contributed by atoms with E-state index in [1.807, 2.05) is 6.92 Å². The zero-order valence-corrected chi connectivity index (χ0v) is 8.20. The van der Waals surface area contributed by atoms with Crippen LogP contribution >= 0.6 is 0 Å². The number of hydrogen-bond donors (Lipinski definition) is 2. The fourth-order valence-corrected chi connectivity index (χ4v) is 1.23. The second kappa shape index (κ2) is 4.25. The number of aliphatic carboxylic acids is 2. The van der Waals surface area contributed by atoms with Crippen LogP contribution in [0.3, 0.4) is 0 Å². The summed E-state index contributed by atoms with van der Waals surface area (Å²) in [7, 11) is 0. The van der Waals surface area contributed by atoms with Crippen molar-refractivity contribution in [3.63, 3.8) is 0 Å². The van der Waals surface area contributed by atoms with Crippen LogP contribution < -0.4 is 0 Å². The van der Waals surface area contributed by atoms with Gasteiger partial charge in [0.2, 0.25) is 0 Å². The van der Waals surface area contributed by atoms with E-state index in [-0.39, 0.29) is 12.3 Å². The van der Waals surface area contributed by atoms with Gasteiger partial charge in [-0.25, -0.2) is 0 Å². The van der Waals surface area contributed by atoms with E-state index in [0.717, 1.165) is 0 Å². The molecule has 4 nitrogen and oxygen atoms in total. The molecule has 76 valence electrons. The van der Waals surface area contributed by atoms with E-state index in [9.17, 15) is 9.59 Å². The van der Waals surface area contributed by atoms with Crippen molar-refractivity contribution in [2.75, 3.05) is 0 Å². The molecule has 4 heteroatoms. The molecule has 0 aromatic rings. The molecule has 0 aliphatic rings. The maximum absolute atomic E-state index is 10.9. The lowest BCUT2D eigenvalue weighted by atomic mass is 9.74. The van der Waals surface area contributed by atoms with E-state index in [4.69, 9.17) is 10.2 Å². The fraction of sp³-hybridized carbons (Fsp3) is 0.778. The van der Waals surface area contributed by atoms with Crippen molar-refractivity contribution in [2.24, 2.45) is 11.3 Å². The lowest BCUT2D eigenvalue weighted by molar-refractivity contribution is -0.158. The van der Waals surface area contributed by atoms with Crippen LogP contribution in [0, 0.1) is 11.3 Å². The minimum absolute atomic E-state index is 0.138. The van der Waals surface area contributed by atoms with Gasteiger partial charge in [-0.3, -0.25) is 9.59 Å². The van der Waals surface area contributed by atoms with Gasteiger partial charge in [-0.15, -0.1) is 0 Å². The average molecular weight is 188 g/mol. The second-order valence-corrected chi connectivity index (χ2v) is 3.60. The van der Waals surface area contributed by atoms with Crippen molar-refractivity contribution in [3.8, 4) is 0 Å². The van der Waals surface area contributed by atoms with Gasteiger partial charge in [0.25, 0.3) is 0 Å². The Bertz CT molecular complexity index is 212. The molecule has 0 aromatic carbocycles. The van der Waals surface area contributed by atoms with E-state index in [0.29, 0.717) is 6.42 Å². The standard InChI is InChI=1S/C9H16O4/c1-4-6(2)9(3,8(12)13)5-7(10)11/h6H,4-5H2,1-3H3,(H,10,11)(H,12,13). The van der Waals surface area contributed by atoms with Crippen molar-refractivity contribution in [1.82, 2.24) is 0 Å². The first kappa shape index (κ1) is 11.9. The van der Waals surface area contributed by atoms with Crippen LogP contribution in [0.4, 0.5) is 0 Å². The Kier molecular flexibility index (Phi) is 3.91. The molecule has 0 rings (SSSR count). The smallest absolute Gasteiger partial charge is 0.310 e.